The molecule has 0 radical (unpaired) electrons. The van der Waals surface area contributed by atoms with Gasteiger partial charge < -0.3 is 40.3 Å². The summed E-state index contributed by atoms with van der Waals surface area (Å²) in [6.07, 6.45) is 54.5. The lowest BCUT2D eigenvalue weighted by Gasteiger charge is -2.40. The number of carbonyl (C=O) groups excluding carboxylic acids is 1. The second-order valence-electron chi connectivity index (χ2n) is 18.6. The summed E-state index contributed by atoms with van der Waals surface area (Å²) < 4.78 is 11.2. The van der Waals surface area contributed by atoms with Crippen molar-refractivity contribution in [2.75, 3.05) is 13.2 Å². The Kier molecular flexibility index (Phi) is 42.8. The highest BCUT2D eigenvalue weighted by atomic mass is 16.7. The highest BCUT2D eigenvalue weighted by Crippen LogP contribution is 2.23. The van der Waals surface area contributed by atoms with Crippen molar-refractivity contribution in [2.24, 2.45) is 0 Å². The van der Waals surface area contributed by atoms with Gasteiger partial charge in [-0.1, -0.05) is 229 Å². The van der Waals surface area contributed by atoms with E-state index in [4.69, 9.17) is 9.47 Å². The Labute approximate surface area is 398 Å². The smallest absolute Gasteiger partial charge is 0.220 e. The number of carbonyl (C=O) groups is 1. The van der Waals surface area contributed by atoms with Crippen molar-refractivity contribution in [3.8, 4) is 0 Å². The van der Waals surface area contributed by atoms with Gasteiger partial charge in [-0.05, 0) is 57.8 Å². The second kappa shape index (κ2) is 45.7. The van der Waals surface area contributed by atoms with Crippen LogP contribution in [-0.2, 0) is 14.3 Å². The van der Waals surface area contributed by atoms with E-state index in [0.717, 1.165) is 64.2 Å². The van der Waals surface area contributed by atoms with Gasteiger partial charge in [0.1, 0.15) is 24.4 Å². The average molecular weight is 916 g/mol. The Morgan fingerprint density at radius 1 is 0.538 bits per heavy atom. The molecule has 378 valence electrons. The Balaban J connectivity index is 2.08. The Morgan fingerprint density at radius 3 is 1.42 bits per heavy atom. The first-order chi connectivity index (χ1) is 31.8. The van der Waals surface area contributed by atoms with Gasteiger partial charge in [0.15, 0.2) is 6.29 Å². The van der Waals surface area contributed by atoms with Crippen molar-refractivity contribution < 1.29 is 39.8 Å². The maximum Gasteiger partial charge on any atom is 0.220 e. The van der Waals surface area contributed by atoms with Gasteiger partial charge in [-0.25, -0.2) is 0 Å². The number of aliphatic hydroxyl groups is 5. The highest BCUT2D eigenvalue weighted by molar-refractivity contribution is 5.76. The van der Waals surface area contributed by atoms with Gasteiger partial charge in [0.2, 0.25) is 5.91 Å². The molecule has 65 heavy (non-hydrogen) atoms. The Bertz CT molecular complexity index is 1200. The van der Waals surface area contributed by atoms with E-state index in [1.165, 1.54) is 148 Å². The minimum Gasteiger partial charge on any atom is -0.394 e. The summed E-state index contributed by atoms with van der Waals surface area (Å²) >= 11 is 0. The number of unbranched alkanes of at least 4 members (excludes halogenated alkanes) is 27. The fourth-order valence-corrected chi connectivity index (χ4v) is 8.32. The summed E-state index contributed by atoms with van der Waals surface area (Å²) in [4.78, 5) is 13.0. The Hall–Kier alpha value is -2.11. The lowest BCUT2D eigenvalue weighted by atomic mass is 9.99. The molecule has 7 unspecified atom stereocenters. The van der Waals surface area contributed by atoms with Crippen LogP contribution in [0.1, 0.15) is 232 Å². The van der Waals surface area contributed by atoms with Crippen LogP contribution in [0, 0.1) is 0 Å². The van der Waals surface area contributed by atoms with Crippen LogP contribution in [0.25, 0.3) is 0 Å². The van der Waals surface area contributed by atoms with E-state index < -0.39 is 49.5 Å². The molecule has 1 aliphatic heterocycles. The first-order valence-corrected chi connectivity index (χ1v) is 27.0. The third-order valence-corrected chi connectivity index (χ3v) is 12.6. The molecule has 9 heteroatoms. The zero-order valence-corrected chi connectivity index (χ0v) is 41.7. The molecule has 1 saturated heterocycles. The fraction of sp³-hybridized carbons (Fsp3) is 0.804. The number of amides is 1. The molecule has 6 N–H and O–H groups in total. The summed E-state index contributed by atoms with van der Waals surface area (Å²) in [5, 5.41) is 54.1. The van der Waals surface area contributed by atoms with Crippen LogP contribution >= 0.6 is 0 Å². The SMILES string of the molecule is CC/C=C\C/C=C\C/C=C\C/C=C\CCCCCCCCCCCCCCCCCCCCCCC(=O)NC(COC1OC(CO)C(O)C(O)C1O)C(O)/C=C/CCCCCCCCC. The molecule has 1 heterocycles. The van der Waals surface area contributed by atoms with Gasteiger partial charge in [0.05, 0.1) is 25.4 Å². The topological polar surface area (TPSA) is 149 Å². The molecule has 1 fully saturated rings. The molecule has 0 aromatic heterocycles. The van der Waals surface area contributed by atoms with Crippen LogP contribution in [0.15, 0.2) is 60.8 Å². The van der Waals surface area contributed by atoms with Crippen LogP contribution in [0.4, 0.5) is 0 Å². The molecule has 7 atom stereocenters. The zero-order valence-electron chi connectivity index (χ0n) is 41.7. The van der Waals surface area contributed by atoms with Crippen LogP contribution in [0.3, 0.4) is 0 Å². The predicted molar refractivity (Wildman–Crippen MR) is 272 cm³/mol. The minimum atomic E-state index is -1.56. The molecule has 1 aliphatic rings. The number of hydrogen-bond acceptors (Lipinski definition) is 8. The Morgan fingerprint density at radius 2 is 0.954 bits per heavy atom. The van der Waals surface area contributed by atoms with Gasteiger partial charge in [-0.15, -0.1) is 0 Å². The molecule has 0 bridgehead atoms. The van der Waals surface area contributed by atoms with Crippen LogP contribution in [0.2, 0.25) is 0 Å². The highest BCUT2D eigenvalue weighted by Gasteiger charge is 2.44. The molecular weight excluding hydrogens is 815 g/mol. The zero-order chi connectivity index (χ0) is 47.3. The lowest BCUT2D eigenvalue weighted by molar-refractivity contribution is -0.302. The summed E-state index contributed by atoms with van der Waals surface area (Å²) in [6, 6.07) is -0.802. The van der Waals surface area contributed by atoms with E-state index in [1.807, 2.05) is 6.08 Å². The summed E-state index contributed by atoms with van der Waals surface area (Å²) in [5.41, 5.74) is 0. The summed E-state index contributed by atoms with van der Waals surface area (Å²) in [5.74, 6) is -0.178. The quantitative estimate of drug-likeness (QED) is 0.0261. The number of hydrogen-bond donors (Lipinski definition) is 6. The van der Waals surface area contributed by atoms with E-state index >= 15 is 0 Å². The molecule has 0 aliphatic carbocycles. The number of allylic oxidation sites excluding steroid dienone is 9. The lowest BCUT2D eigenvalue weighted by Crippen LogP contribution is -2.60. The average Bonchev–Trinajstić information content (AvgIpc) is 3.31. The monoisotopic (exact) mass is 916 g/mol. The van der Waals surface area contributed by atoms with Crippen LogP contribution in [-0.4, -0.2) is 87.5 Å². The van der Waals surface area contributed by atoms with E-state index in [-0.39, 0.29) is 12.5 Å². The first-order valence-electron chi connectivity index (χ1n) is 27.0. The maximum atomic E-state index is 13.0. The van der Waals surface area contributed by atoms with E-state index in [9.17, 15) is 30.3 Å². The van der Waals surface area contributed by atoms with Gasteiger partial charge >= 0.3 is 0 Å². The normalized spacial score (nSPS) is 20.4. The fourth-order valence-electron chi connectivity index (χ4n) is 8.32. The van der Waals surface area contributed by atoms with Crippen molar-refractivity contribution >= 4 is 5.91 Å². The predicted octanol–water partition coefficient (Wildman–Crippen LogP) is 12.7. The largest absolute Gasteiger partial charge is 0.394 e. The molecule has 1 amide bonds. The third kappa shape index (κ3) is 35.7. The first kappa shape index (κ1) is 60.9. The van der Waals surface area contributed by atoms with E-state index in [1.54, 1.807) is 6.08 Å². The van der Waals surface area contributed by atoms with Crippen molar-refractivity contribution in [2.45, 2.75) is 275 Å². The molecular formula is C56H101NO8. The standard InChI is InChI=1S/C56H101NO8/c1-3-5-7-9-11-13-14-15-16-17-18-19-20-21-22-23-24-25-26-27-28-29-30-31-32-33-34-35-36-38-40-42-44-46-52(60)57-49(50(59)45-43-41-39-37-12-10-8-6-4-2)48-64-56-55(63)54(62)53(61)51(47-58)65-56/h5,7,11,13,15-16,18-19,43,45,49-51,53-56,58-59,61-63H,3-4,6,8-10,12,14,17,20-42,44,46-48H2,1-2H3,(H,57,60)/b7-5-,13-11-,16-15-,19-18-,45-43+. The minimum absolute atomic E-state index is 0.178. The number of ether oxygens (including phenoxy) is 2. The number of nitrogens with one attached hydrogen (secondary N) is 1. The van der Waals surface area contributed by atoms with Gasteiger partial charge in [-0.2, -0.15) is 0 Å². The van der Waals surface area contributed by atoms with Gasteiger partial charge in [0.25, 0.3) is 0 Å². The van der Waals surface area contributed by atoms with Gasteiger partial charge in [0, 0.05) is 6.42 Å². The van der Waals surface area contributed by atoms with E-state index in [2.05, 4.69) is 67.8 Å². The van der Waals surface area contributed by atoms with E-state index in [0.29, 0.717) is 6.42 Å². The molecule has 0 aromatic carbocycles. The number of aliphatic hydroxyl groups excluding tert-OH is 5. The van der Waals surface area contributed by atoms with Crippen LogP contribution < -0.4 is 5.32 Å². The molecule has 9 nitrogen and oxygen atoms in total. The molecule has 1 rings (SSSR count). The third-order valence-electron chi connectivity index (χ3n) is 12.6. The van der Waals surface area contributed by atoms with Crippen molar-refractivity contribution in [1.82, 2.24) is 5.32 Å². The van der Waals surface area contributed by atoms with Gasteiger partial charge in [-0.3, -0.25) is 4.79 Å². The number of rotatable bonds is 45. The maximum absolute atomic E-state index is 13.0. The van der Waals surface area contributed by atoms with Crippen LogP contribution in [0.5, 0.6) is 0 Å². The van der Waals surface area contributed by atoms with Crippen molar-refractivity contribution in [1.29, 1.82) is 0 Å². The molecule has 0 aromatic rings. The molecule has 0 spiro atoms. The molecule has 0 saturated carbocycles. The summed E-state index contributed by atoms with van der Waals surface area (Å²) in [6.45, 7) is 3.63. The second-order valence-corrected chi connectivity index (χ2v) is 18.6. The van der Waals surface area contributed by atoms with Crippen molar-refractivity contribution in [3.63, 3.8) is 0 Å². The summed E-state index contributed by atoms with van der Waals surface area (Å²) in [7, 11) is 0. The van der Waals surface area contributed by atoms with Crippen molar-refractivity contribution in [3.05, 3.63) is 60.8 Å².